The zero-order chi connectivity index (χ0) is 12.4. The molecule has 0 unspecified atom stereocenters. The van der Waals surface area contributed by atoms with Crippen LogP contribution in [0.1, 0.15) is 30.1 Å². The van der Waals surface area contributed by atoms with E-state index >= 15 is 0 Å². The average Bonchev–Trinajstić information content (AvgIpc) is 2.28. The minimum Gasteiger partial charge on any atom is -0.338 e. The van der Waals surface area contributed by atoms with Crippen LogP contribution in [0.5, 0.6) is 0 Å². The molecule has 4 heteroatoms. The Balaban J connectivity index is 2.24. The van der Waals surface area contributed by atoms with Crippen LogP contribution >= 0.6 is 23.2 Å². The standard InChI is InChI=1S/C13H15Cl2NO/c1-9-4-3-7-16(8-9)13(17)12-10(14)5-2-6-11(12)15/h2,5-6,9H,3-4,7-8H2,1H3/t9-/m0/s1. The molecule has 0 N–H and O–H groups in total. The van der Waals surface area contributed by atoms with Gasteiger partial charge in [-0.05, 0) is 30.9 Å². The van der Waals surface area contributed by atoms with Crippen molar-refractivity contribution in [3.05, 3.63) is 33.8 Å². The highest BCUT2D eigenvalue weighted by atomic mass is 35.5. The first-order valence-corrected chi connectivity index (χ1v) is 6.58. The van der Waals surface area contributed by atoms with E-state index in [4.69, 9.17) is 23.2 Å². The summed E-state index contributed by atoms with van der Waals surface area (Å²) in [5.41, 5.74) is 0.435. The summed E-state index contributed by atoms with van der Waals surface area (Å²) in [6, 6.07) is 5.16. The Morgan fingerprint density at radius 1 is 1.35 bits per heavy atom. The van der Waals surface area contributed by atoms with Crippen LogP contribution in [0.2, 0.25) is 10.0 Å². The van der Waals surface area contributed by atoms with E-state index in [2.05, 4.69) is 6.92 Å². The summed E-state index contributed by atoms with van der Waals surface area (Å²) in [5.74, 6) is 0.501. The molecule has 1 atom stereocenters. The number of nitrogens with zero attached hydrogens (tertiary/aromatic N) is 1. The fraction of sp³-hybridized carbons (Fsp3) is 0.462. The van der Waals surface area contributed by atoms with Gasteiger partial charge in [0.05, 0.1) is 15.6 Å². The van der Waals surface area contributed by atoms with Gasteiger partial charge in [-0.3, -0.25) is 4.79 Å². The molecular weight excluding hydrogens is 257 g/mol. The van der Waals surface area contributed by atoms with Crippen molar-refractivity contribution < 1.29 is 4.79 Å². The van der Waals surface area contributed by atoms with Crippen LogP contribution in [-0.2, 0) is 0 Å². The maximum absolute atomic E-state index is 12.3. The first-order chi connectivity index (χ1) is 8.09. The van der Waals surface area contributed by atoms with Crippen molar-refractivity contribution in [2.75, 3.05) is 13.1 Å². The lowest BCUT2D eigenvalue weighted by Gasteiger charge is -2.31. The SMILES string of the molecule is C[C@H]1CCCN(C(=O)c2c(Cl)cccc2Cl)C1. The van der Waals surface area contributed by atoms with Crippen molar-refractivity contribution in [3.8, 4) is 0 Å². The number of carbonyl (C=O) groups excluding carboxylic acids is 1. The molecule has 0 radical (unpaired) electrons. The number of benzene rings is 1. The maximum atomic E-state index is 12.3. The van der Waals surface area contributed by atoms with Crippen molar-refractivity contribution in [3.63, 3.8) is 0 Å². The van der Waals surface area contributed by atoms with Crippen molar-refractivity contribution in [1.29, 1.82) is 0 Å². The molecule has 1 aromatic carbocycles. The van der Waals surface area contributed by atoms with Gasteiger partial charge in [-0.1, -0.05) is 36.2 Å². The molecule has 2 nitrogen and oxygen atoms in total. The lowest BCUT2D eigenvalue weighted by molar-refractivity contribution is 0.0683. The fourth-order valence-electron chi connectivity index (χ4n) is 2.23. The van der Waals surface area contributed by atoms with Gasteiger partial charge in [0.25, 0.3) is 5.91 Å². The molecule has 1 fully saturated rings. The molecule has 2 rings (SSSR count). The molecule has 0 bridgehead atoms. The van der Waals surface area contributed by atoms with Crippen LogP contribution in [0, 0.1) is 5.92 Å². The molecule has 1 heterocycles. The first kappa shape index (κ1) is 12.7. The minimum atomic E-state index is -0.0489. The number of rotatable bonds is 1. The van der Waals surface area contributed by atoms with E-state index in [0.717, 1.165) is 19.5 Å². The van der Waals surface area contributed by atoms with Gasteiger partial charge in [0.15, 0.2) is 0 Å². The second-order valence-corrected chi connectivity index (χ2v) is 5.41. The van der Waals surface area contributed by atoms with E-state index in [9.17, 15) is 4.79 Å². The summed E-state index contributed by atoms with van der Waals surface area (Å²) in [4.78, 5) is 14.2. The van der Waals surface area contributed by atoms with Crippen LogP contribution in [0.15, 0.2) is 18.2 Å². The Labute approximate surface area is 112 Å². The molecule has 1 amide bonds. The monoisotopic (exact) mass is 271 g/mol. The van der Waals surface area contributed by atoms with E-state index in [-0.39, 0.29) is 5.91 Å². The molecule has 0 saturated carbocycles. The summed E-state index contributed by atoms with van der Waals surface area (Å²) >= 11 is 12.1. The predicted molar refractivity (Wildman–Crippen MR) is 70.8 cm³/mol. The van der Waals surface area contributed by atoms with Crippen molar-refractivity contribution >= 4 is 29.1 Å². The third-order valence-corrected chi connectivity index (χ3v) is 3.75. The van der Waals surface area contributed by atoms with E-state index in [1.807, 2.05) is 4.90 Å². The molecule has 0 aliphatic carbocycles. The number of hydrogen-bond acceptors (Lipinski definition) is 1. The molecule has 0 spiro atoms. The highest BCUT2D eigenvalue weighted by Crippen LogP contribution is 2.27. The fourth-order valence-corrected chi connectivity index (χ4v) is 2.79. The third-order valence-electron chi connectivity index (χ3n) is 3.12. The second-order valence-electron chi connectivity index (χ2n) is 4.60. The van der Waals surface area contributed by atoms with Gasteiger partial charge in [-0.15, -0.1) is 0 Å². The Bertz CT molecular complexity index is 413. The van der Waals surface area contributed by atoms with Crippen molar-refractivity contribution in [2.24, 2.45) is 5.92 Å². The third kappa shape index (κ3) is 2.75. The number of hydrogen-bond donors (Lipinski definition) is 0. The molecular formula is C13H15Cl2NO. The van der Waals surface area contributed by atoms with Gasteiger partial charge in [0.2, 0.25) is 0 Å². The Morgan fingerprint density at radius 3 is 2.59 bits per heavy atom. The van der Waals surface area contributed by atoms with E-state index in [0.29, 0.717) is 21.5 Å². The number of piperidine rings is 1. The maximum Gasteiger partial charge on any atom is 0.256 e. The molecule has 92 valence electrons. The molecule has 0 aromatic heterocycles. The lowest BCUT2D eigenvalue weighted by Crippen LogP contribution is -2.39. The number of amides is 1. The number of carbonyl (C=O) groups is 1. The van der Waals surface area contributed by atoms with Crippen LogP contribution in [0.25, 0.3) is 0 Å². The van der Waals surface area contributed by atoms with Gasteiger partial charge in [-0.25, -0.2) is 0 Å². The topological polar surface area (TPSA) is 20.3 Å². The summed E-state index contributed by atoms with van der Waals surface area (Å²) < 4.78 is 0. The summed E-state index contributed by atoms with van der Waals surface area (Å²) in [5, 5.41) is 0.862. The molecule has 1 saturated heterocycles. The van der Waals surface area contributed by atoms with Crippen LogP contribution in [0.3, 0.4) is 0 Å². The summed E-state index contributed by atoms with van der Waals surface area (Å²) in [6.07, 6.45) is 2.23. The molecule has 17 heavy (non-hydrogen) atoms. The quantitative estimate of drug-likeness (QED) is 0.760. The first-order valence-electron chi connectivity index (χ1n) is 5.83. The largest absolute Gasteiger partial charge is 0.338 e. The van der Waals surface area contributed by atoms with E-state index < -0.39 is 0 Å². The Morgan fingerprint density at radius 2 is 2.00 bits per heavy atom. The molecule has 1 aromatic rings. The number of halogens is 2. The van der Waals surface area contributed by atoms with Gasteiger partial charge in [0, 0.05) is 13.1 Å². The Kier molecular flexibility index (Phi) is 3.95. The Hall–Kier alpha value is -0.730. The van der Waals surface area contributed by atoms with Crippen molar-refractivity contribution in [1.82, 2.24) is 4.90 Å². The van der Waals surface area contributed by atoms with Crippen LogP contribution in [-0.4, -0.2) is 23.9 Å². The lowest BCUT2D eigenvalue weighted by atomic mass is 9.99. The summed E-state index contributed by atoms with van der Waals surface area (Å²) in [6.45, 7) is 3.75. The minimum absolute atomic E-state index is 0.0489. The zero-order valence-corrected chi connectivity index (χ0v) is 11.3. The highest BCUT2D eigenvalue weighted by molar-refractivity contribution is 6.39. The highest BCUT2D eigenvalue weighted by Gasteiger charge is 2.25. The van der Waals surface area contributed by atoms with Gasteiger partial charge >= 0.3 is 0 Å². The zero-order valence-electron chi connectivity index (χ0n) is 9.75. The van der Waals surface area contributed by atoms with Crippen molar-refractivity contribution in [2.45, 2.75) is 19.8 Å². The summed E-state index contributed by atoms with van der Waals surface area (Å²) in [7, 11) is 0. The van der Waals surface area contributed by atoms with Crippen LogP contribution < -0.4 is 0 Å². The van der Waals surface area contributed by atoms with Gasteiger partial charge in [0.1, 0.15) is 0 Å². The van der Waals surface area contributed by atoms with Gasteiger partial charge in [-0.2, -0.15) is 0 Å². The number of likely N-dealkylation sites (tertiary alicyclic amines) is 1. The van der Waals surface area contributed by atoms with Gasteiger partial charge < -0.3 is 4.90 Å². The van der Waals surface area contributed by atoms with Crippen LogP contribution in [0.4, 0.5) is 0 Å². The predicted octanol–water partition coefficient (Wildman–Crippen LogP) is 3.87. The average molecular weight is 272 g/mol. The van der Waals surface area contributed by atoms with E-state index in [1.54, 1.807) is 18.2 Å². The normalized spacial score (nSPS) is 20.4. The molecule has 1 aliphatic heterocycles. The second kappa shape index (κ2) is 5.28. The smallest absolute Gasteiger partial charge is 0.256 e. The van der Waals surface area contributed by atoms with E-state index in [1.165, 1.54) is 6.42 Å². The molecule has 1 aliphatic rings.